The summed E-state index contributed by atoms with van der Waals surface area (Å²) in [6.07, 6.45) is 6.90. The maximum atomic E-state index is 6.06. The zero-order valence-electron chi connectivity index (χ0n) is 9.00. The molecule has 4 nitrogen and oxygen atoms in total. The van der Waals surface area contributed by atoms with Crippen LogP contribution in [0, 0.1) is 0 Å². The number of aromatic nitrogens is 3. The summed E-state index contributed by atoms with van der Waals surface area (Å²) in [5, 5.41) is 4.39. The molecule has 82 valence electrons. The van der Waals surface area contributed by atoms with Gasteiger partial charge in [0.1, 0.15) is 0 Å². The molecule has 0 aromatic carbocycles. The molecule has 3 rings (SSSR count). The number of fused-ring (bicyclic) bond motifs is 1. The van der Waals surface area contributed by atoms with Crippen molar-refractivity contribution in [3.63, 3.8) is 0 Å². The van der Waals surface area contributed by atoms with Crippen molar-refractivity contribution in [3.05, 3.63) is 41.9 Å². The lowest BCUT2D eigenvalue weighted by atomic mass is 9.94. The Morgan fingerprint density at radius 3 is 3.12 bits per heavy atom. The van der Waals surface area contributed by atoms with Crippen LogP contribution in [-0.2, 0) is 6.42 Å². The van der Waals surface area contributed by atoms with Crippen molar-refractivity contribution in [2.75, 3.05) is 0 Å². The fourth-order valence-electron chi connectivity index (χ4n) is 2.27. The third kappa shape index (κ3) is 1.42. The summed E-state index contributed by atoms with van der Waals surface area (Å²) < 4.78 is 1.91. The number of nitrogens with two attached hydrogens (primary N) is 1. The first kappa shape index (κ1) is 9.54. The molecule has 0 saturated heterocycles. The summed E-state index contributed by atoms with van der Waals surface area (Å²) in [6.45, 7) is 0. The molecule has 0 amide bonds. The molecule has 2 N–H and O–H groups in total. The van der Waals surface area contributed by atoms with Crippen molar-refractivity contribution in [1.82, 2.24) is 14.8 Å². The second-order valence-electron chi connectivity index (χ2n) is 4.15. The van der Waals surface area contributed by atoms with Crippen LogP contribution in [0.15, 0.2) is 30.6 Å². The van der Waals surface area contributed by atoms with Crippen LogP contribution in [0.4, 0.5) is 0 Å². The van der Waals surface area contributed by atoms with Crippen LogP contribution in [0.2, 0.25) is 0 Å². The zero-order valence-corrected chi connectivity index (χ0v) is 9.00. The van der Waals surface area contributed by atoms with Crippen molar-refractivity contribution in [1.29, 1.82) is 0 Å². The average Bonchev–Trinajstić information content (AvgIpc) is 2.75. The van der Waals surface area contributed by atoms with E-state index in [2.05, 4.69) is 10.1 Å². The molecule has 1 atom stereocenters. The largest absolute Gasteiger partial charge is 0.324 e. The van der Waals surface area contributed by atoms with Crippen LogP contribution < -0.4 is 5.73 Å². The summed E-state index contributed by atoms with van der Waals surface area (Å²) >= 11 is 0. The van der Waals surface area contributed by atoms with Gasteiger partial charge in [0, 0.05) is 17.8 Å². The van der Waals surface area contributed by atoms with E-state index in [-0.39, 0.29) is 6.04 Å². The molecule has 2 heterocycles. The number of rotatable bonds is 1. The molecule has 0 radical (unpaired) electrons. The summed E-state index contributed by atoms with van der Waals surface area (Å²) in [4.78, 5) is 4.31. The van der Waals surface area contributed by atoms with E-state index in [1.54, 1.807) is 6.20 Å². The van der Waals surface area contributed by atoms with E-state index in [4.69, 9.17) is 5.73 Å². The Morgan fingerprint density at radius 1 is 1.38 bits per heavy atom. The molecule has 0 spiro atoms. The Labute approximate surface area is 94.1 Å². The van der Waals surface area contributed by atoms with E-state index in [0.717, 1.165) is 25.1 Å². The highest BCUT2D eigenvalue weighted by Crippen LogP contribution is 2.28. The number of hydrogen-bond acceptors (Lipinski definition) is 3. The highest BCUT2D eigenvalue weighted by atomic mass is 15.3. The summed E-state index contributed by atoms with van der Waals surface area (Å²) in [5.74, 6) is 0.873. The summed E-state index contributed by atoms with van der Waals surface area (Å²) in [6, 6.07) is 5.99. The van der Waals surface area contributed by atoms with Crippen LogP contribution in [0.3, 0.4) is 0 Å². The van der Waals surface area contributed by atoms with Crippen molar-refractivity contribution in [2.24, 2.45) is 5.73 Å². The van der Waals surface area contributed by atoms with Gasteiger partial charge in [-0.3, -0.25) is 0 Å². The topological polar surface area (TPSA) is 56.7 Å². The predicted octanol–water partition coefficient (Wildman–Crippen LogP) is 1.60. The molecule has 1 aliphatic rings. The third-order valence-electron chi connectivity index (χ3n) is 3.10. The molecule has 16 heavy (non-hydrogen) atoms. The van der Waals surface area contributed by atoms with Gasteiger partial charge in [-0.15, -0.1) is 0 Å². The van der Waals surface area contributed by atoms with Crippen LogP contribution >= 0.6 is 0 Å². The minimum Gasteiger partial charge on any atom is -0.324 e. The van der Waals surface area contributed by atoms with Crippen molar-refractivity contribution < 1.29 is 0 Å². The summed E-state index contributed by atoms with van der Waals surface area (Å²) in [7, 11) is 0. The first-order chi connectivity index (χ1) is 7.86. The number of pyridine rings is 1. The lowest BCUT2D eigenvalue weighted by Gasteiger charge is -2.19. The fraction of sp³-hybridized carbons (Fsp3) is 0.333. The molecule has 4 heteroatoms. The van der Waals surface area contributed by atoms with Crippen molar-refractivity contribution in [3.8, 4) is 5.82 Å². The van der Waals surface area contributed by atoms with E-state index in [1.807, 2.05) is 29.1 Å². The Hall–Kier alpha value is -1.68. The van der Waals surface area contributed by atoms with Gasteiger partial charge in [-0.1, -0.05) is 6.07 Å². The second-order valence-corrected chi connectivity index (χ2v) is 4.15. The Kier molecular flexibility index (Phi) is 2.22. The molecule has 2 aromatic rings. The zero-order chi connectivity index (χ0) is 11.0. The molecular weight excluding hydrogens is 200 g/mol. The predicted molar refractivity (Wildman–Crippen MR) is 61.2 cm³/mol. The molecule has 2 aromatic heterocycles. The SMILES string of the molecule is N[C@@H]1CCCc2c1cnn2-c1ccccn1. The number of nitrogens with zero attached hydrogens (tertiary/aromatic N) is 3. The maximum absolute atomic E-state index is 6.06. The van der Waals surface area contributed by atoms with Crippen LogP contribution in [0.25, 0.3) is 5.82 Å². The lowest BCUT2D eigenvalue weighted by Crippen LogP contribution is -2.18. The van der Waals surface area contributed by atoms with Gasteiger partial charge in [0.05, 0.1) is 11.9 Å². The van der Waals surface area contributed by atoms with Gasteiger partial charge < -0.3 is 5.73 Å². The van der Waals surface area contributed by atoms with E-state index in [1.165, 1.54) is 11.3 Å². The van der Waals surface area contributed by atoms with Gasteiger partial charge in [-0.25, -0.2) is 9.67 Å². The summed E-state index contributed by atoms with van der Waals surface area (Å²) in [5.41, 5.74) is 8.46. The average molecular weight is 214 g/mol. The van der Waals surface area contributed by atoms with Gasteiger partial charge in [-0.2, -0.15) is 5.10 Å². The Bertz CT molecular complexity index is 489. The quantitative estimate of drug-likeness (QED) is 0.784. The minimum atomic E-state index is 0.140. The smallest absolute Gasteiger partial charge is 0.153 e. The van der Waals surface area contributed by atoms with Crippen molar-refractivity contribution in [2.45, 2.75) is 25.3 Å². The van der Waals surface area contributed by atoms with E-state index < -0.39 is 0 Å². The van der Waals surface area contributed by atoms with Crippen molar-refractivity contribution >= 4 is 0 Å². The van der Waals surface area contributed by atoms with E-state index >= 15 is 0 Å². The van der Waals surface area contributed by atoms with Gasteiger partial charge >= 0.3 is 0 Å². The van der Waals surface area contributed by atoms with E-state index in [0.29, 0.717) is 0 Å². The molecule has 1 aliphatic carbocycles. The monoisotopic (exact) mass is 214 g/mol. The molecule has 0 bridgehead atoms. The molecule has 0 aliphatic heterocycles. The molecule has 0 saturated carbocycles. The Morgan fingerprint density at radius 2 is 2.31 bits per heavy atom. The minimum absolute atomic E-state index is 0.140. The van der Waals surface area contributed by atoms with Gasteiger partial charge in [0.25, 0.3) is 0 Å². The third-order valence-corrected chi connectivity index (χ3v) is 3.10. The first-order valence-corrected chi connectivity index (χ1v) is 5.60. The molecule has 0 unspecified atom stereocenters. The highest BCUT2D eigenvalue weighted by Gasteiger charge is 2.21. The van der Waals surface area contributed by atoms with Gasteiger partial charge in [0.15, 0.2) is 5.82 Å². The fourth-order valence-corrected chi connectivity index (χ4v) is 2.27. The van der Waals surface area contributed by atoms with Crippen LogP contribution in [-0.4, -0.2) is 14.8 Å². The van der Waals surface area contributed by atoms with Crippen LogP contribution in [0.5, 0.6) is 0 Å². The normalized spacial score (nSPS) is 19.4. The van der Waals surface area contributed by atoms with Gasteiger partial charge in [0.2, 0.25) is 0 Å². The molecular formula is C12H14N4. The van der Waals surface area contributed by atoms with Gasteiger partial charge in [-0.05, 0) is 31.4 Å². The molecule has 0 fully saturated rings. The van der Waals surface area contributed by atoms with Crippen LogP contribution in [0.1, 0.15) is 30.1 Å². The number of hydrogen-bond donors (Lipinski definition) is 1. The van der Waals surface area contributed by atoms with E-state index in [9.17, 15) is 0 Å². The maximum Gasteiger partial charge on any atom is 0.153 e. The second kappa shape index (κ2) is 3.72. The lowest BCUT2D eigenvalue weighted by molar-refractivity contribution is 0.557. The Balaban J connectivity index is 2.10. The standard InChI is InChI=1S/C12H14N4/c13-10-4-3-5-11-9(10)8-15-16(11)12-6-1-2-7-14-12/h1-2,6-8,10H,3-5,13H2/t10-/m1/s1. The highest BCUT2D eigenvalue weighted by molar-refractivity contribution is 5.32. The first-order valence-electron chi connectivity index (χ1n) is 5.60.